The first-order chi connectivity index (χ1) is 19.6. The van der Waals surface area contributed by atoms with Crippen molar-refractivity contribution in [1.82, 2.24) is 9.88 Å². The molecule has 0 saturated carbocycles. The average Bonchev–Trinajstić information content (AvgIpc) is 3.55. The summed E-state index contributed by atoms with van der Waals surface area (Å²) in [5, 5.41) is 3.17. The number of nitrogens with two attached hydrogens (primary N) is 1. The van der Waals surface area contributed by atoms with Crippen LogP contribution in [0.2, 0.25) is 0 Å². The molecule has 0 aliphatic carbocycles. The fraction of sp³-hybridized carbons (Fsp3) is 0.242. The molecule has 0 radical (unpaired) electrons. The van der Waals surface area contributed by atoms with Gasteiger partial charge >= 0.3 is 0 Å². The molecule has 3 aromatic carbocycles. The summed E-state index contributed by atoms with van der Waals surface area (Å²) in [5.74, 6) is -0.191. The van der Waals surface area contributed by atoms with Crippen LogP contribution in [0.4, 0.5) is 11.4 Å². The Kier molecular flexibility index (Phi) is 8.83. The number of anilines is 2. The van der Waals surface area contributed by atoms with Crippen molar-refractivity contribution in [2.75, 3.05) is 36.4 Å². The van der Waals surface area contributed by atoms with Crippen LogP contribution in [0.5, 0.6) is 0 Å². The van der Waals surface area contributed by atoms with Gasteiger partial charge in [0.2, 0.25) is 0 Å². The number of carbonyl (C=O) groups is 2. The number of amides is 2. The summed E-state index contributed by atoms with van der Waals surface area (Å²) in [6, 6.07) is 27.3. The lowest BCUT2D eigenvalue weighted by molar-refractivity contribution is 0.0741. The third-order valence-corrected chi connectivity index (χ3v) is 7.19. The van der Waals surface area contributed by atoms with E-state index in [1.807, 2.05) is 47.4 Å². The molecule has 1 fully saturated rings. The lowest BCUT2D eigenvalue weighted by atomic mass is 10.0. The number of carbonyl (C=O) groups excluding carboxylic acids is 2. The first-order valence-electron chi connectivity index (χ1n) is 13.9. The molecule has 0 unspecified atom stereocenters. The minimum atomic E-state index is -0.128. The van der Waals surface area contributed by atoms with Gasteiger partial charge in [0.05, 0.1) is 16.9 Å². The van der Waals surface area contributed by atoms with Crippen molar-refractivity contribution in [2.45, 2.75) is 25.8 Å². The molecule has 204 valence electrons. The molecule has 0 atom stereocenters. The van der Waals surface area contributed by atoms with Gasteiger partial charge in [0, 0.05) is 44.1 Å². The lowest BCUT2D eigenvalue weighted by Crippen LogP contribution is -2.32. The number of rotatable bonds is 10. The summed E-state index contributed by atoms with van der Waals surface area (Å²) in [5.41, 5.74) is 11.8. The Morgan fingerprint density at radius 3 is 2.40 bits per heavy atom. The van der Waals surface area contributed by atoms with E-state index >= 15 is 0 Å². The van der Waals surface area contributed by atoms with Crippen LogP contribution < -0.4 is 16.0 Å². The summed E-state index contributed by atoms with van der Waals surface area (Å²) in [7, 11) is 0. The first kappa shape index (κ1) is 27.1. The third-order valence-electron chi connectivity index (χ3n) is 7.19. The van der Waals surface area contributed by atoms with Crippen LogP contribution in [-0.2, 0) is 6.54 Å². The van der Waals surface area contributed by atoms with Gasteiger partial charge in [0.15, 0.2) is 0 Å². The fourth-order valence-electron chi connectivity index (χ4n) is 5.11. The number of hydrogen-bond acceptors (Lipinski definition) is 5. The fourth-order valence-corrected chi connectivity index (χ4v) is 5.11. The molecule has 2 amide bonds. The molecule has 1 saturated heterocycles. The van der Waals surface area contributed by atoms with E-state index in [-0.39, 0.29) is 11.8 Å². The van der Waals surface area contributed by atoms with Gasteiger partial charge in [-0.25, -0.2) is 0 Å². The predicted octanol–water partition coefficient (Wildman–Crippen LogP) is 5.59. The second-order valence-electron chi connectivity index (χ2n) is 10.1. The van der Waals surface area contributed by atoms with Gasteiger partial charge in [0.25, 0.3) is 11.8 Å². The standard InChI is InChI=1S/C33H35N5O2/c34-16-8-20-38(33(40)29-13-7-17-35-23-29)24-25-9-6-12-27(21-25)28-14-15-31(37-18-4-5-19-37)30(22-28)36-32(39)26-10-2-1-3-11-26/h1-3,6-7,9-15,17,21-23H,4-5,8,16,18-20,24,34H2,(H,36,39). The van der Waals surface area contributed by atoms with Crippen molar-refractivity contribution < 1.29 is 9.59 Å². The average molecular weight is 534 g/mol. The third kappa shape index (κ3) is 6.55. The topological polar surface area (TPSA) is 91.6 Å². The van der Waals surface area contributed by atoms with Gasteiger partial charge in [0.1, 0.15) is 0 Å². The zero-order valence-corrected chi connectivity index (χ0v) is 22.6. The molecule has 1 aromatic heterocycles. The number of benzene rings is 3. The minimum Gasteiger partial charge on any atom is -0.370 e. The normalized spacial score (nSPS) is 12.8. The first-order valence-corrected chi connectivity index (χ1v) is 13.9. The van der Waals surface area contributed by atoms with Gasteiger partial charge in [-0.3, -0.25) is 14.6 Å². The van der Waals surface area contributed by atoms with Crippen LogP contribution in [0.3, 0.4) is 0 Å². The molecule has 0 bridgehead atoms. The predicted molar refractivity (Wildman–Crippen MR) is 160 cm³/mol. The van der Waals surface area contributed by atoms with E-state index in [0.29, 0.717) is 37.2 Å². The van der Waals surface area contributed by atoms with Gasteiger partial charge in [-0.2, -0.15) is 0 Å². The lowest BCUT2D eigenvalue weighted by Gasteiger charge is -2.24. The quantitative estimate of drug-likeness (QED) is 0.277. The molecule has 3 N–H and O–H groups in total. The largest absolute Gasteiger partial charge is 0.370 e. The smallest absolute Gasteiger partial charge is 0.255 e. The molecule has 4 aromatic rings. The number of nitrogens with zero attached hydrogens (tertiary/aromatic N) is 3. The SMILES string of the molecule is NCCCN(Cc1cccc(-c2ccc(N3CCCC3)c(NC(=O)c3ccccc3)c2)c1)C(=O)c1cccnc1. The maximum Gasteiger partial charge on any atom is 0.255 e. The highest BCUT2D eigenvalue weighted by atomic mass is 16.2. The van der Waals surface area contributed by atoms with E-state index in [0.717, 1.165) is 54.0 Å². The highest BCUT2D eigenvalue weighted by Gasteiger charge is 2.19. The molecule has 40 heavy (non-hydrogen) atoms. The Morgan fingerprint density at radius 1 is 0.875 bits per heavy atom. The van der Waals surface area contributed by atoms with Gasteiger partial charge in [-0.05, 0) is 85.0 Å². The number of aromatic nitrogens is 1. The molecule has 5 rings (SSSR count). The highest BCUT2D eigenvalue weighted by Crippen LogP contribution is 2.34. The van der Waals surface area contributed by atoms with Gasteiger partial charge < -0.3 is 20.9 Å². The summed E-state index contributed by atoms with van der Waals surface area (Å²) in [6.07, 6.45) is 6.27. The zero-order chi connectivity index (χ0) is 27.7. The Labute approximate surface area is 235 Å². The summed E-state index contributed by atoms with van der Waals surface area (Å²) >= 11 is 0. The van der Waals surface area contributed by atoms with E-state index in [1.165, 1.54) is 0 Å². The highest BCUT2D eigenvalue weighted by molar-refractivity contribution is 6.06. The van der Waals surface area contributed by atoms with E-state index in [1.54, 1.807) is 24.5 Å². The van der Waals surface area contributed by atoms with Crippen molar-refractivity contribution in [1.29, 1.82) is 0 Å². The molecule has 2 heterocycles. The Hall–Kier alpha value is -4.49. The molecule has 7 nitrogen and oxygen atoms in total. The molecular weight excluding hydrogens is 498 g/mol. The van der Waals surface area contributed by atoms with Crippen molar-refractivity contribution >= 4 is 23.2 Å². The van der Waals surface area contributed by atoms with E-state index in [2.05, 4.69) is 45.5 Å². The van der Waals surface area contributed by atoms with Crippen LogP contribution in [0.25, 0.3) is 11.1 Å². The summed E-state index contributed by atoms with van der Waals surface area (Å²) < 4.78 is 0. The Balaban J connectivity index is 1.42. The monoisotopic (exact) mass is 533 g/mol. The Bertz CT molecular complexity index is 1440. The van der Waals surface area contributed by atoms with Crippen molar-refractivity contribution in [3.05, 3.63) is 114 Å². The van der Waals surface area contributed by atoms with Crippen LogP contribution >= 0.6 is 0 Å². The number of nitrogens with one attached hydrogen (secondary N) is 1. The van der Waals surface area contributed by atoms with E-state index in [4.69, 9.17) is 5.73 Å². The van der Waals surface area contributed by atoms with Crippen LogP contribution in [-0.4, -0.2) is 47.9 Å². The summed E-state index contributed by atoms with van der Waals surface area (Å²) in [4.78, 5) is 34.6. The van der Waals surface area contributed by atoms with Crippen molar-refractivity contribution in [3.8, 4) is 11.1 Å². The second kappa shape index (κ2) is 13.0. The second-order valence-corrected chi connectivity index (χ2v) is 10.1. The molecular formula is C33H35N5O2. The molecule has 7 heteroatoms. The minimum absolute atomic E-state index is 0.0622. The van der Waals surface area contributed by atoms with Crippen LogP contribution in [0, 0.1) is 0 Å². The maximum absolute atomic E-state index is 13.2. The summed E-state index contributed by atoms with van der Waals surface area (Å²) in [6.45, 7) is 3.50. The van der Waals surface area contributed by atoms with Gasteiger partial charge in [-0.1, -0.05) is 42.5 Å². The zero-order valence-electron chi connectivity index (χ0n) is 22.6. The van der Waals surface area contributed by atoms with Crippen LogP contribution in [0.1, 0.15) is 45.5 Å². The van der Waals surface area contributed by atoms with Crippen LogP contribution in [0.15, 0.2) is 97.3 Å². The van der Waals surface area contributed by atoms with Crippen molar-refractivity contribution in [3.63, 3.8) is 0 Å². The Morgan fingerprint density at radius 2 is 1.65 bits per heavy atom. The molecule has 1 aliphatic rings. The van der Waals surface area contributed by atoms with E-state index in [9.17, 15) is 9.59 Å². The maximum atomic E-state index is 13.2. The number of hydrogen-bond donors (Lipinski definition) is 2. The number of pyridine rings is 1. The van der Waals surface area contributed by atoms with Crippen molar-refractivity contribution in [2.24, 2.45) is 5.73 Å². The molecule has 0 spiro atoms. The molecule has 1 aliphatic heterocycles. The van der Waals surface area contributed by atoms with E-state index < -0.39 is 0 Å². The van der Waals surface area contributed by atoms with Gasteiger partial charge in [-0.15, -0.1) is 0 Å².